The predicted octanol–water partition coefficient (Wildman–Crippen LogP) is 2.14. The molecule has 0 saturated carbocycles. The van der Waals surface area contributed by atoms with Crippen LogP contribution in [0, 0.1) is 17.5 Å². The van der Waals surface area contributed by atoms with Crippen LogP contribution in [0.25, 0.3) is 0 Å². The number of ether oxygens (including phenoxy) is 1. The van der Waals surface area contributed by atoms with Gasteiger partial charge in [0.2, 0.25) is 0 Å². The zero-order chi connectivity index (χ0) is 11.4. The summed E-state index contributed by atoms with van der Waals surface area (Å²) in [5, 5.41) is 0. The second kappa shape index (κ2) is 5.14. The lowest BCUT2D eigenvalue weighted by atomic mass is 10.1. The van der Waals surface area contributed by atoms with Gasteiger partial charge in [-0.1, -0.05) is 0 Å². The molecule has 15 heavy (non-hydrogen) atoms. The van der Waals surface area contributed by atoms with Gasteiger partial charge in [0, 0.05) is 6.61 Å². The van der Waals surface area contributed by atoms with Crippen molar-refractivity contribution in [2.45, 2.75) is 13.0 Å². The van der Waals surface area contributed by atoms with E-state index in [4.69, 9.17) is 10.5 Å². The van der Waals surface area contributed by atoms with E-state index in [1.54, 1.807) is 6.92 Å². The summed E-state index contributed by atoms with van der Waals surface area (Å²) in [6.45, 7) is 2.37. The molecule has 0 amide bonds. The average molecular weight is 219 g/mol. The molecule has 2 N–H and O–H groups in total. The second-order valence-electron chi connectivity index (χ2n) is 3.06. The third kappa shape index (κ3) is 2.94. The van der Waals surface area contributed by atoms with Gasteiger partial charge < -0.3 is 10.5 Å². The molecule has 0 saturated heterocycles. The Morgan fingerprint density at radius 3 is 2.27 bits per heavy atom. The predicted molar refractivity (Wildman–Crippen MR) is 49.7 cm³/mol. The topological polar surface area (TPSA) is 35.2 Å². The molecule has 1 atom stereocenters. The van der Waals surface area contributed by atoms with Crippen LogP contribution in [0.5, 0.6) is 0 Å². The van der Waals surface area contributed by atoms with E-state index in [0.717, 1.165) is 12.1 Å². The molecule has 0 heterocycles. The van der Waals surface area contributed by atoms with Crippen LogP contribution in [-0.4, -0.2) is 13.2 Å². The van der Waals surface area contributed by atoms with Gasteiger partial charge in [0.1, 0.15) is 0 Å². The van der Waals surface area contributed by atoms with Crippen molar-refractivity contribution in [2.75, 3.05) is 13.2 Å². The van der Waals surface area contributed by atoms with Crippen LogP contribution in [0.15, 0.2) is 12.1 Å². The Morgan fingerprint density at radius 1 is 1.27 bits per heavy atom. The minimum atomic E-state index is -1.48. The van der Waals surface area contributed by atoms with Crippen molar-refractivity contribution >= 4 is 0 Å². The third-order valence-corrected chi connectivity index (χ3v) is 1.94. The summed E-state index contributed by atoms with van der Waals surface area (Å²) in [5.74, 6) is -3.96. The van der Waals surface area contributed by atoms with Crippen molar-refractivity contribution in [3.63, 3.8) is 0 Å². The molecule has 5 heteroatoms. The van der Waals surface area contributed by atoms with Gasteiger partial charge in [-0.15, -0.1) is 0 Å². The normalized spacial score (nSPS) is 12.9. The molecular weight excluding hydrogens is 207 g/mol. The number of hydrogen-bond acceptors (Lipinski definition) is 2. The van der Waals surface area contributed by atoms with E-state index in [1.807, 2.05) is 0 Å². The molecule has 84 valence electrons. The number of benzene rings is 1. The summed E-state index contributed by atoms with van der Waals surface area (Å²) in [6.07, 6.45) is 0. The van der Waals surface area contributed by atoms with Gasteiger partial charge >= 0.3 is 0 Å². The molecule has 0 aromatic heterocycles. The fraction of sp³-hybridized carbons (Fsp3) is 0.400. The Balaban J connectivity index is 2.86. The third-order valence-electron chi connectivity index (χ3n) is 1.94. The van der Waals surface area contributed by atoms with Crippen LogP contribution < -0.4 is 5.73 Å². The molecule has 1 aromatic rings. The number of rotatable bonds is 4. The van der Waals surface area contributed by atoms with Crippen LogP contribution in [0.1, 0.15) is 18.5 Å². The average Bonchev–Trinajstić information content (AvgIpc) is 2.21. The van der Waals surface area contributed by atoms with E-state index in [0.29, 0.717) is 6.61 Å². The van der Waals surface area contributed by atoms with E-state index < -0.39 is 23.5 Å². The van der Waals surface area contributed by atoms with Gasteiger partial charge in [-0.3, -0.25) is 0 Å². The molecule has 0 fully saturated rings. The van der Waals surface area contributed by atoms with Crippen LogP contribution in [0.4, 0.5) is 13.2 Å². The first kappa shape index (κ1) is 12.0. The summed E-state index contributed by atoms with van der Waals surface area (Å²) in [6, 6.07) is 1.10. The molecule has 1 unspecified atom stereocenters. The van der Waals surface area contributed by atoms with Gasteiger partial charge in [0.15, 0.2) is 17.5 Å². The first-order valence-corrected chi connectivity index (χ1v) is 4.54. The van der Waals surface area contributed by atoms with Crippen molar-refractivity contribution < 1.29 is 17.9 Å². The molecule has 2 nitrogen and oxygen atoms in total. The number of halogens is 3. The molecule has 0 aliphatic heterocycles. The van der Waals surface area contributed by atoms with Crippen LogP contribution in [0.2, 0.25) is 0 Å². The maximum atomic E-state index is 12.8. The molecule has 0 spiro atoms. The van der Waals surface area contributed by atoms with Crippen LogP contribution in [0.3, 0.4) is 0 Å². The minimum absolute atomic E-state index is 0.140. The van der Waals surface area contributed by atoms with Crippen molar-refractivity contribution in [1.29, 1.82) is 0 Å². The Hall–Kier alpha value is -1.07. The van der Waals surface area contributed by atoms with Gasteiger partial charge in [-0.25, -0.2) is 13.2 Å². The maximum absolute atomic E-state index is 12.8. The van der Waals surface area contributed by atoms with E-state index in [1.165, 1.54) is 0 Å². The Labute approximate surface area is 85.8 Å². The lowest BCUT2D eigenvalue weighted by Crippen LogP contribution is -2.18. The molecule has 0 aliphatic carbocycles. The number of nitrogens with two attached hydrogens (primary N) is 1. The Kier molecular flexibility index (Phi) is 4.11. The first-order valence-electron chi connectivity index (χ1n) is 4.54. The summed E-state index contributed by atoms with van der Waals surface area (Å²) < 4.78 is 43.2. The number of hydrogen-bond donors (Lipinski definition) is 1. The van der Waals surface area contributed by atoms with Gasteiger partial charge in [-0.05, 0) is 24.6 Å². The highest BCUT2D eigenvalue weighted by Gasteiger charge is 2.14. The molecule has 0 aliphatic rings. The van der Waals surface area contributed by atoms with E-state index in [2.05, 4.69) is 0 Å². The zero-order valence-electron chi connectivity index (χ0n) is 8.27. The first-order chi connectivity index (χ1) is 7.06. The molecule has 0 radical (unpaired) electrons. The SMILES string of the molecule is CCOCC(N)c1cc(F)c(F)c(F)c1. The molecule has 1 aromatic carbocycles. The fourth-order valence-corrected chi connectivity index (χ4v) is 1.13. The second-order valence-corrected chi connectivity index (χ2v) is 3.06. The van der Waals surface area contributed by atoms with E-state index >= 15 is 0 Å². The van der Waals surface area contributed by atoms with Crippen molar-refractivity contribution in [3.05, 3.63) is 35.1 Å². The zero-order valence-corrected chi connectivity index (χ0v) is 8.27. The lowest BCUT2D eigenvalue weighted by Gasteiger charge is -2.12. The van der Waals surface area contributed by atoms with Crippen LogP contribution >= 0.6 is 0 Å². The smallest absolute Gasteiger partial charge is 0.194 e. The molecule has 1 rings (SSSR count). The van der Waals surface area contributed by atoms with E-state index in [9.17, 15) is 13.2 Å². The highest BCUT2D eigenvalue weighted by atomic mass is 19.2. The monoisotopic (exact) mass is 219 g/mol. The van der Waals surface area contributed by atoms with Gasteiger partial charge in [0.25, 0.3) is 0 Å². The Bertz CT molecular complexity index is 320. The molecule has 0 bridgehead atoms. The Morgan fingerprint density at radius 2 is 1.80 bits per heavy atom. The summed E-state index contributed by atoms with van der Waals surface area (Å²) in [4.78, 5) is 0. The van der Waals surface area contributed by atoms with Crippen molar-refractivity contribution in [3.8, 4) is 0 Å². The maximum Gasteiger partial charge on any atom is 0.194 e. The van der Waals surface area contributed by atoms with Crippen molar-refractivity contribution in [1.82, 2.24) is 0 Å². The van der Waals surface area contributed by atoms with Crippen molar-refractivity contribution in [2.24, 2.45) is 5.73 Å². The lowest BCUT2D eigenvalue weighted by molar-refractivity contribution is 0.133. The summed E-state index contributed by atoms with van der Waals surface area (Å²) in [7, 11) is 0. The van der Waals surface area contributed by atoms with Gasteiger partial charge in [-0.2, -0.15) is 0 Å². The highest BCUT2D eigenvalue weighted by molar-refractivity contribution is 5.22. The largest absolute Gasteiger partial charge is 0.380 e. The summed E-state index contributed by atoms with van der Waals surface area (Å²) >= 11 is 0. The standard InChI is InChI=1S/C10H12F3NO/c1-2-15-5-9(14)6-3-7(11)10(13)8(12)4-6/h3-4,9H,2,5,14H2,1H3. The highest BCUT2D eigenvalue weighted by Crippen LogP contribution is 2.18. The van der Waals surface area contributed by atoms with Gasteiger partial charge in [0.05, 0.1) is 12.6 Å². The van der Waals surface area contributed by atoms with Crippen LogP contribution in [-0.2, 0) is 4.74 Å². The minimum Gasteiger partial charge on any atom is -0.380 e. The fourth-order valence-electron chi connectivity index (χ4n) is 1.13. The summed E-state index contributed by atoms with van der Waals surface area (Å²) in [5.41, 5.74) is 5.77. The molecular formula is C10H12F3NO. The van der Waals surface area contributed by atoms with E-state index in [-0.39, 0.29) is 12.2 Å². The quantitative estimate of drug-likeness (QED) is 0.787.